The van der Waals surface area contributed by atoms with Gasteiger partial charge in [0.15, 0.2) is 0 Å². The minimum Gasteiger partial charge on any atom is -0.494 e. The van der Waals surface area contributed by atoms with Gasteiger partial charge in [-0.05, 0) is 63.8 Å². The van der Waals surface area contributed by atoms with Crippen LogP contribution in [-0.2, 0) is 11.2 Å². The maximum atomic E-state index is 13.2. The van der Waals surface area contributed by atoms with E-state index in [0.29, 0.717) is 12.4 Å². The van der Waals surface area contributed by atoms with Crippen LogP contribution in [0.3, 0.4) is 0 Å². The van der Waals surface area contributed by atoms with Crippen molar-refractivity contribution in [3.8, 4) is 11.5 Å². The minimum atomic E-state index is -0.516. The van der Waals surface area contributed by atoms with Crippen LogP contribution in [0.4, 0.5) is 11.4 Å². The lowest BCUT2D eigenvalue weighted by Crippen LogP contribution is -2.31. The number of hydrogen-bond donors (Lipinski definition) is 1. The molecule has 7 heteroatoms. The fourth-order valence-electron chi connectivity index (χ4n) is 4.32. The number of nitrogens with one attached hydrogen (secondary N) is 1. The van der Waals surface area contributed by atoms with E-state index in [2.05, 4.69) is 32.2 Å². The quantitative estimate of drug-likeness (QED) is 0.243. The fraction of sp³-hybridized carbons (Fsp3) is 0.519. The molecule has 3 rings (SSSR count). The van der Waals surface area contributed by atoms with E-state index in [1.165, 1.54) is 23.3 Å². The number of rotatable bonds is 10. The van der Waals surface area contributed by atoms with Crippen molar-refractivity contribution in [1.29, 1.82) is 0 Å². The highest BCUT2D eigenvalue weighted by Crippen LogP contribution is 2.44. The lowest BCUT2D eigenvalue weighted by molar-refractivity contribution is -0.384. The van der Waals surface area contributed by atoms with Gasteiger partial charge < -0.3 is 14.8 Å². The van der Waals surface area contributed by atoms with Crippen LogP contribution in [0.1, 0.15) is 70.1 Å². The number of nitro groups is 1. The first-order valence-corrected chi connectivity index (χ1v) is 11.9. The van der Waals surface area contributed by atoms with Crippen LogP contribution in [0.2, 0.25) is 0 Å². The van der Waals surface area contributed by atoms with Crippen LogP contribution in [0, 0.1) is 29.4 Å². The molecule has 0 radical (unpaired) electrons. The molecule has 184 valence electrons. The van der Waals surface area contributed by atoms with Crippen molar-refractivity contribution in [2.24, 2.45) is 5.41 Å². The number of carbonyl (C=O) groups is 1. The smallest absolute Gasteiger partial charge is 0.269 e. The van der Waals surface area contributed by atoms with Crippen molar-refractivity contribution in [1.82, 2.24) is 0 Å². The molecule has 7 nitrogen and oxygen atoms in total. The van der Waals surface area contributed by atoms with Crippen molar-refractivity contribution < 1.29 is 19.2 Å². The zero-order valence-electron chi connectivity index (χ0n) is 21.1. The number of hydrogen-bond acceptors (Lipinski definition) is 5. The Labute approximate surface area is 202 Å². The first kappa shape index (κ1) is 25.5. The Hall–Kier alpha value is -3.09. The van der Waals surface area contributed by atoms with E-state index in [1.807, 2.05) is 20.8 Å². The normalized spacial score (nSPS) is 14.3. The van der Waals surface area contributed by atoms with E-state index in [0.717, 1.165) is 49.1 Å². The number of non-ortho nitro benzene ring substituents is 1. The predicted octanol–water partition coefficient (Wildman–Crippen LogP) is 6.53. The number of fused-ring (bicyclic) bond motifs is 1. The molecule has 0 aliphatic carbocycles. The highest BCUT2D eigenvalue weighted by molar-refractivity contribution is 5.97. The molecule has 1 aliphatic rings. The maximum Gasteiger partial charge on any atom is 0.269 e. The molecular formula is C27H36N2O5. The van der Waals surface area contributed by atoms with Crippen LogP contribution in [0.25, 0.3) is 0 Å². The van der Waals surface area contributed by atoms with Crippen molar-refractivity contribution in [2.75, 3.05) is 11.9 Å². The van der Waals surface area contributed by atoms with E-state index < -0.39 is 10.3 Å². The monoisotopic (exact) mass is 468 g/mol. The fourth-order valence-corrected chi connectivity index (χ4v) is 4.32. The Balaban J connectivity index is 1.48. The largest absolute Gasteiger partial charge is 0.494 e. The van der Waals surface area contributed by atoms with Gasteiger partial charge in [-0.3, -0.25) is 14.9 Å². The summed E-state index contributed by atoms with van der Waals surface area (Å²) in [5, 5.41) is 13.9. The van der Waals surface area contributed by atoms with Crippen molar-refractivity contribution in [3.05, 3.63) is 57.1 Å². The molecule has 0 spiro atoms. The number of nitrogens with zero attached hydrogens (tertiary/aromatic N) is 1. The molecule has 0 unspecified atom stereocenters. The third kappa shape index (κ3) is 6.07. The molecule has 1 heterocycles. The second-order valence-electron chi connectivity index (χ2n) is 10.5. The van der Waals surface area contributed by atoms with Crippen LogP contribution >= 0.6 is 0 Å². The zero-order chi connectivity index (χ0) is 25.1. The Morgan fingerprint density at radius 3 is 2.47 bits per heavy atom. The maximum absolute atomic E-state index is 13.2. The number of ether oxygens (including phenoxy) is 2. The van der Waals surface area contributed by atoms with Gasteiger partial charge in [0.2, 0.25) is 5.91 Å². The summed E-state index contributed by atoms with van der Waals surface area (Å²) in [5.41, 5.74) is 3.45. The molecule has 0 saturated carbocycles. The number of anilines is 1. The molecule has 0 atom stereocenters. The van der Waals surface area contributed by atoms with Gasteiger partial charge >= 0.3 is 0 Å². The number of nitro benzene ring substituents is 1. The standard InChI is InChI=1S/C27H36N2O5/c1-18-16-19(2)23(24-22(18)17-27(5,6)34-24)28-25(30)26(3,4)14-8-7-9-15-33-21-12-10-20(11-13-21)29(31)32/h10-13,16H,7-9,14-15,17H2,1-6H3,(H,28,30). The Bertz CT molecular complexity index is 1060. The second-order valence-corrected chi connectivity index (χ2v) is 10.5. The van der Waals surface area contributed by atoms with Gasteiger partial charge in [0, 0.05) is 29.5 Å². The van der Waals surface area contributed by atoms with Gasteiger partial charge in [-0.25, -0.2) is 0 Å². The minimum absolute atomic E-state index is 0.00270. The molecule has 0 fully saturated rings. The molecule has 2 aromatic rings. The lowest BCUT2D eigenvalue weighted by atomic mass is 9.85. The van der Waals surface area contributed by atoms with Gasteiger partial charge in [0.05, 0.1) is 17.2 Å². The van der Waals surface area contributed by atoms with Crippen LogP contribution < -0.4 is 14.8 Å². The molecule has 1 aliphatic heterocycles. The number of unbranched alkanes of at least 4 members (excludes halogenated alkanes) is 2. The Kier molecular flexibility index (Phi) is 7.54. The van der Waals surface area contributed by atoms with E-state index in [1.54, 1.807) is 12.1 Å². The van der Waals surface area contributed by atoms with Crippen molar-refractivity contribution in [2.45, 2.75) is 79.2 Å². The average molecular weight is 469 g/mol. The summed E-state index contributed by atoms with van der Waals surface area (Å²) in [5.74, 6) is 1.43. The van der Waals surface area contributed by atoms with Gasteiger partial charge in [-0.1, -0.05) is 32.8 Å². The molecule has 1 amide bonds. The summed E-state index contributed by atoms with van der Waals surface area (Å²) >= 11 is 0. The number of amides is 1. The van der Waals surface area contributed by atoms with Gasteiger partial charge in [0.1, 0.15) is 17.1 Å². The third-order valence-corrected chi connectivity index (χ3v) is 6.40. The molecule has 0 aromatic heterocycles. The molecule has 0 bridgehead atoms. The summed E-state index contributed by atoms with van der Waals surface area (Å²) < 4.78 is 11.9. The number of benzene rings is 2. The molecule has 2 aromatic carbocycles. The van der Waals surface area contributed by atoms with E-state index in [4.69, 9.17) is 9.47 Å². The number of aryl methyl sites for hydroxylation is 2. The first-order valence-electron chi connectivity index (χ1n) is 11.9. The van der Waals surface area contributed by atoms with Crippen molar-refractivity contribution in [3.63, 3.8) is 0 Å². The van der Waals surface area contributed by atoms with E-state index in [9.17, 15) is 14.9 Å². The molecular weight excluding hydrogens is 432 g/mol. The average Bonchev–Trinajstić information content (AvgIpc) is 3.09. The second kappa shape index (κ2) is 10.0. The summed E-state index contributed by atoms with van der Waals surface area (Å²) in [6, 6.07) is 8.22. The first-order chi connectivity index (χ1) is 15.9. The highest BCUT2D eigenvalue weighted by atomic mass is 16.6. The third-order valence-electron chi connectivity index (χ3n) is 6.40. The summed E-state index contributed by atoms with van der Waals surface area (Å²) in [4.78, 5) is 23.5. The lowest BCUT2D eigenvalue weighted by Gasteiger charge is -2.25. The summed E-state index contributed by atoms with van der Waals surface area (Å²) in [6.07, 6.45) is 4.28. The van der Waals surface area contributed by atoms with Gasteiger partial charge in [-0.2, -0.15) is 0 Å². The number of carbonyl (C=O) groups excluding carboxylic acids is 1. The molecule has 0 saturated heterocycles. The van der Waals surface area contributed by atoms with Gasteiger partial charge in [0.25, 0.3) is 5.69 Å². The van der Waals surface area contributed by atoms with Crippen LogP contribution in [0.15, 0.2) is 30.3 Å². The van der Waals surface area contributed by atoms with Crippen LogP contribution in [0.5, 0.6) is 11.5 Å². The predicted molar refractivity (Wildman–Crippen MR) is 134 cm³/mol. The Morgan fingerprint density at radius 1 is 1.15 bits per heavy atom. The SMILES string of the molecule is Cc1cc(C)c(NC(=O)C(C)(C)CCCCCOc2ccc([N+](=O)[O-])cc2)c2c1CC(C)(C)O2. The molecule has 1 N–H and O–H groups in total. The van der Waals surface area contributed by atoms with E-state index in [-0.39, 0.29) is 17.2 Å². The van der Waals surface area contributed by atoms with Crippen LogP contribution in [-0.4, -0.2) is 23.0 Å². The van der Waals surface area contributed by atoms with E-state index >= 15 is 0 Å². The summed E-state index contributed by atoms with van der Waals surface area (Å²) in [6.45, 7) is 12.7. The van der Waals surface area contributed by atoms with Crippen molar-refractivity contribution >= 4 is 17.3 Å². The summed E-state index contributed by atoms with van der Waals surface area (Å²) in [7, 11) is 0. The zero-order valence-corrected chi connectivity index (χ0v) is 21.1. The Morgan fingerprint density at radius 2 is 1.82 bits per heavy atom. The molecule has 34 heavy (non-hydrogen) atoms. The van der Waals surface area contributed by atoms with Gasteiger partial charge in [-0.15, -0.1) is 0 Å². The topological polar surface area (TPSA) is 90.7 Å². The highest BCUT2D eigenvalue weighted by Gasteiger charge is 2.35.